The molecule has 1 atom stereocenters. The number of carbonyl (C=O) groups is 2. The van der Waals surface area contributed by atoms with Crippen molar-refractivity contribution in [3.05, 3.63) is 65.2 Å². The van der Waals surface area contributed by atoms with Gasteiger partial charge in [-0.15, -0.1) is 0 Å². The molecule has 146 valence electrons. The van der Waals surface area contributed by atoms with Crippen molar-refractivity contribution in [2.75, 3.05) is 0 Å². The van der Waals surface area contributed by atoms with Crippen molar-refractivity contribution in [3.8, 4) is 5.69 Å². The second kappa shape index (κ2) is 8.21. The lowest BCUT2D eigenvalue weighted by molar-refractivity contribution is -0.122. The normalized spacial score (nSPS) is 12.0. The van der Waals surface area contributed by atoms with Crippen molar-refractivity contribution in [3.63, 3.8) is 0 Å². The van der Waals surface area contributed by atoms with Gasteiger partial charge in [-0.2, -0.15) is 10.2 Å². The zero-order valence-electron chi connectivity index (χ0n) is 16.6. The van der Waals surface area contributed by atoms with Crippen molar-refractivity contribution < 1.29 is 9.59 Å². The molecule has 0 bridgehead atoms. The van der Waals surface area contributed by atoms with Gasteiger partial charge in [-0.05, 0) is 45.4 Å². The topological polar surface area (TPSA) is 81.8 Å². The molecule has 1 aromatic carbocycles. The van der Waals surface area contributed by atoms with Crippen molar-refractivity contribution in [1.29, 1.82) is 0 Å². The van der Waals surface area contributed by atoms with E-state index in [0.717, 1.165) is 16.9 Å². The number of hydrogen-bond acceptors (Lipinski definition) is 4. The fourth-order valence-electron chi connectivity index (χ4n) is 3.52. The van der Waals surface area contributed by atoms with Gasteiger partial charge >= 0.3 is 0 Å². The first-order valence-electron chi connectivity index (χ1n) is 9.29. The Hall–Kier alpha value is -3.22. The Morgan fingerprint density at radius 1 is 1.18 bits per heavy atom. The number of nitrogens with zero attached hydrogens (tertiary/aromatic N) is 4. The van der Waals surface area contributed by atoms with Crippen molar-refractivity contribution >= 4 is 11.7 Å². The summed E-state index contributed by atoms with van der Waals surface area (Å²) in [6, 6.07) is 9.54. The Balaban J connectivity index is 1.66. The molecule has 7 nitrogen and oxygen atoms in total. The SMILES string of the molecule is CC(=O)c1c(C)nn([C@@H](C)CC(=O)NCc2ccccc2-n2cccn2)c1C. The Labute approximate surface area is 164 Å². The van der Waals surface area contributed by atoms with Gasteiger partial charge in [0.25, 0.3) is 0 Å². The summed E-state index contributed by atoms with van der Waals surface area (Å²) in [5.74, 6) is -0.0761. The van der Waals surface area contributed by atoms with Crippen LogP contribution in [0.2, 0.25) is 0 Å². The fourth-order valence-corrected chi connectivity index (χ4v) is 3.52. The number of amides is 1. The van der Waals surface area contributed by atoms with Crippen LogP contribution in [0.1, 0.15) is 53.6 Å². The first-order chi connectivity index (χ1) is 13.4. The molecule has 1 N–H and O–H groups in total. The van der Waals surface area contributed by atoms with E-state index in [-0.39, 0.29) is 24.2 Å². The standard InChI is InChI=1S/C21H25N5O2/c1-14(26-16(3)21(17(4)27)15(2)24-26)12-20(28)22-13-18-8-5-6-9-19(18)25-11-7-10-23-25/h5-11,14H,12-13H2,1-4H3,(H,22,28)/t14-/m0/s1. The smallest absolute Gasteiger partial charge is 0.222 e. The number of ketones is 1. The first kappa shape index (κ1) is 19.5. The second-order valence-corrected chi connectivity index (χ2v) is 6.96. The van der Waals surface area contributed by atoms with Gasteiger partial charge in [0, 0.05) is 31.1 Å². The van der Waals surface area contributed by atoms with E-state index in [1.165, 1.54) is 6.92 Å². The van der Waals surface area contributed by atoms with Crippen LogP contribution in [0.15, 0.2) is 42.7 Å². The fraction of sp³-hybridized carbons (Fsp3) is 0.333. The molecule has 3 aromatic rings. The maximum absolute atomic E-state index is 12.5. The lowest BCUT2D eigenvalue weighted by atomic mass is 10.1. The van der Waals surface area contributed by atoms with Gasteiger partial charge in [0.2, 0.25) is 5.91 Å². The van der Waals surface area contributed by atoms with Crippen LogP contribution in [-0.2, 0) is 11.3 Å². The molecule has 0 aliphatic rings. The van der Waals surface area contributed by atoms with Crippen LogP contribution >= 0.6 is 0 Å². The quantitative estimate of drug-likeness (QED) is 0.639. The molecule has 0 aliphatic heterocycles. The molecule has 0 radical (unpaired) electrons. The molecule has 2 heterocycles. The van der Waals surface area contributed by atoms with Gasteiger partial charge in [-0.25, -0.2) is 4.68 Å². The largest absolute Gasteiger partial charge is 0.352 e. The summed E-state index contributed by atoms with van der Waals surface area (Å²) in [6.07, 6.45) is 3.88. The number of rotatable bonds is 7. The summed E-state index contributed by atoms with van der Waals surface area (Å²) in [5, 5.41) is 11.7. The number of benzene rings is 1. The molecular weight excluding hydrogens is 354 g/mol. The number of hydrogen-bond donors (Lipinski definition) is 1. The zero-order chi connectivity index (χ0) is 20.3. The van der Waals surface area contributed by atoms with E-state index in [1.807, 2.05) is 57.3 Å². The van der Waals surface area contributed by atoms with Crippen molar-refractivity contribution in [1.82, 2.24) is 24.9 Å². The van der Waals surface area contributed by atoms with E-state index in [4.69, 9.17) is 0 Å². The van der Waals surface area contributed by atoms with E-state index >= 15 is 0 Å². The molecular formula is C21H25N5O2. The highest BCUT2D eigenvalue weighted by molar-refractivity contribution is 5.96. The molecule has 3 rings (SSSR count). The minimum absolute atomic E-state index is 0.00636. The van der Waals surface area contributed by atoms with Gasteiger partial charge in [0.1, 0.15) is 0 Å². The average Bonchev–Trinajstić information content (AvgIpc) is 3.28. The van der Waals surface area contributed by atoms with Crippen LogP contribution in [0.25, 0.3) is 5.69 Å². The van der Waals surface area contributed by atoms with Gasteiger partial charge in [-0.1, -0.05) is 18.2 Å². The Morgan fingerprint density at radius 2 is 1.93 bits per heavy atom. The number of aryl methyl sites for hydroxylation is 1. The number of nitrogens with one attached hydrogen (secondary N) is 1. The summed E-state index contributed by atoms with van der Waals surface area (Å²) in [4.78, 5) is 24.3. The van der Waals surface area contributed by atoms with Crippen LogP contribution in [0.3, 0.4) is 0 Å². The van der Waals surface area contributed by atoms with Crippen LogP contribution in [0, 0.1) is 13.8 Å². The molecule has 0 spiro atoms. The Morgan fingerprint density at radius 3 is 2.57 bits per heavy atom. The first-order valence-corrected chi connectivity index (χ1v) is 9.29. The highest BCUT2D eigenvalue weighted by atomic mass is 16.1. The minimum Gasteiger partial charge on any atom is -0.352 e. The highest BCUT2D eigenvalue weighted by Crippen LogP contribution is 2.20. The number of carbonyl (C=O) groups excluding carboxylic acids is 2. The number of Topliss-reactive ketones (excluding diaryl/α,β-unsaturated/α-hetero) is 1. The van der Waals surface area contributed by atoms with Crippen LogP contribution < -0.4 is 5.32 Å². The zero-order valence-corrected chi connectivity index (χ0v) is 16.6. The third kappa shape index (κ3) is 4.03. The van der Waals surface area contributed by atoms with Gasteiger partial charge in [0.05, 0.1) is 23.0 Å². The van der Waals surface area contributed by atoms with Crippen LogP contribution in [-0.4, -0.2) is 31.3 Å². The van der Waals surface area contributed by atoms with E-state index in [0.29, 0.717) is 17.8 Å². The maximum Gasteiger partial charge on any atom is 0.222 e. The number of para-hydroxylation sites is 1. The summed E-state index contributed by atoms with van der Waals surface area (Å²) >= 11 is 0. The summed E-state index contributed by atoms with van der Waals surface area (Å²) < 4.78 is 3.55. The molecule has 0 unspecified atom stereocenters. The van der Waals surface area contributed by atoms with E-state index in [1.54, 1.807) is 15.6 Å². The predicted octanol–water partition coefficient (Wildman–Crippen LogP) is 3.16. The molecule has 0 saturated heterocycles. The van der Waals surface area contributed by atoms with Crippen molar-refractivity contribution in [2.24, 2.45) is 0 Å². The van der Waals surface area contributed by atoms with E-state index < -0.39 is 0 Å². The molecule has 7 heteroatoms. The summed E-state index contributed by atoms with van der Waals surface area (Å²) in [6.45, 7) is 7.57. The van der Waals surface area contributed by atoms with E-state index in [9.17, 15) is 9.59 Å². The molecule has 0 fully saturated rings. The lowest BCUT2D eigenvalue weighted by Gasteiger charge is -2.15. The molecule has 1 amide bonds. The van der Waals surface area contributed by atoms with Gasteiger partial charge in [-0.3, -0.25) is 14.3 Å². The summed E-state index contributed by atoms with van der Waals surface area (Å²) in [5.41, 5.74) is 4.06. The van der Waals surface area contributed by atoms with Gasteiger partial charge < -0.3 is 5.32 Å². The molecule has 0 aliphatic carbocycles. The molecule has 28 heavy (non-hydrogen) atoms. The minimum atomic E-state index is -0.145. The van der Waals surface area contributed by atoms with Crippen LogP contribution in [0.4, 0.5) is 0 Å². The summed E-state index contributed by atoms with van der Waals surface area (Å²) in [7, 11) is 0. The van der Waals surface area contributed by atoms with E-state index in [2.05, 4.69) is 15.5 Å². The Kier molecular flexibility index (Phi) is 5.73. The highest BCUT2D eigenvalue weighted by Gasteiger charge is 2.20. The maximum atomic E-state index is 12.5. The van der Waals surface area contributed by atoms with Crippen LogP contribution in [0.5, 0.6) is 0 Å². The van der Waals surface area contributed by atoms with Gasteiger partial charge in [0.15, 0.2) is 5.78 Å². The second-order valence-electron chi connectivity index (χ2n) is 6.96. The molecule has 2 aromatic heterocycles. The molecule has 0 saturated carbocycles. The average molecular weight is 379 g/mol. The lowest BCUT2D eigenvalue weighted by Crippen LogP contribution is -2.26. The Bertz CT molecular complexity index is 988. The predicted molar refractivity (Wildman–Crippen MR) is 106 cm³/mol. The monoisotopic (exact) mass is 379 g/mol. The number of aromatic nitrogens is 4. The van der Waals surface area contributed by atoms with Crippen molar-refractivity contribution in [2.45, 2.75) is 46.7 Å². The third-order valence-electron chi connectivity index (χ3n) is 4.79. The third-order valence-corrected chi connectivity index (χ3v) is 4.79.